The molecule has 0 aliphatic rings. The van der Waals surface area contributed by atoms with E-state index in [2.05, 4.69) is 65.1 Å². The van der Waals surface area contributed by atoms with Crippen molar-refractivity contribution in [1.82, 2.24) is 24.7 Å². The molecule has 1 atom stereocenters. The summed E-state index contributed by atoms with van der Waals surface area (Å²) in [5, 5.41) is 7.42. The van der Waals surface area contributed by atoms with Crippen molar-refractivity contribution >= 4 is 47.3 Å². The van der Waals surface area contributed by atoms with Crippen molar-refractivity contribution in [3.63, 3.8) is 0 Å². The number of nitrogens with zero attached hydrogens (tertiary/aromatic N) is 5. The van der Waals surface area contributed by atoms with Gasteiger partial charge in [-0.1, -0.05) is 93.0 Å². The predicted octanol–water partition coefficient (Wildman–Crippen LogP) is 4.38. The van der Waals surface area contributed by atoms with Gasteiger partial charge in [-0.05, 0) is 27.5 Å². The van der Waals surface area contributed by atoms with Crippen LogP contribution in [0.1, 0.15) is 20.8 Å². The molecule has 0 saturated heterocycles. The molecule has 5 rings (SSSR count). The lowest BCUT2D eigenvalue weighted by Crippen LogP contribution is -2.66. The monoisotopic (exact) mass is 631 g/mol. The van der Waals surface area contributed by atoms with E-state index < -0.39 is 20.4 Å². The fraction of sp³-hybridized carbons (Fsp3) is 0.281. The molecule has 2 aromatic carbocycles. The van der Waals surface area contributed by atoms with Crippen LogP contribution in [0, 0.1) is 0 Å². The van der Waals surface area contributed by atoms with E-state index in [9.17, 15) is 4.79 Å². The molecular weight excluding hydrogens is 598 g/mol. The molecule has 0 amide bonds. The quantitative estimate of drug-likeness (QED) is 0.113. The Labute approximate surface area is 262 Å². The molecule has 5 aromatic rings. The molecule has 0 aliphatic heterocycles. The third-order valence-electron chi connectivity index (χ3n) is 7.22. The zero-order valence-electron chi connectivity index (χ0n) is 25.0. The molecule has 3 heterocycles. The van der Waals surface area contributed by atoms with Crippen LogP contribution in [0.2, 0.25) is 10.1 Å². The van der Waals surface area contributed by atoms with Crippen molar-refractivity contribution in [3.8, 4) is 11.7 Å². The van der Waals surface area contributed by atoms with Gasteiger partial charge in [0.2, 0.25) is 12.0 Å². The Morgan fingerprint density at radius 2 is 1.61 bits per heavy atom. The van der Waals surface area contributed by atoms with Gasteiger partial charge in [0, 0.05) is 6.20 Å². The molecule has 0 saturated carbocycles. The number of rotatable bonds is 12. The van der Waals surface area contributed by atoms with Crippen molar-refractivity contribution < 1.29 is 23.4 Å². The predicted molar refractivity (Wildman–Crippen MR) is 170 cm³/mol. The number of carbonyl (C=O) groups excluding carboxylic acids is 1. The zero-order valence-corrected chi connectivity index (χ0v) is 26.8. The number of carbonyl (C=O) groups is 1. The second kappa shape index (κ2) is 13.6. The summed E-state index contributed by atoms with van der Waals surface area (Å²) in [7, 11) is -1.43. The fourth-order valence-electron chi connectivity index (χ4n) is 5.23. The lowest BCUT2D eigenvalue weighted by atomic mass is 10.2. The molecule has 0 radical (unpaired) electrons. The van der Waals surface area contributed by atoms with E-state index in [1.165, 1.54) is 34.7 Å². The van der Waals surface area contributed by atoms with Crippen LogP contribution in [0.4, 0.5) is 0 Å². The number of fused-ring (bicyclic) bond motifs is 1. The molecule has 0 bridgehead atoms. The normalized spacial score (nSPS) is 12.7. The number of hydrogen-bond donors (Lipinski definition) is 0. The average molecular weight is 632 g/mol. The van der Waals surface area contributed by atoms with Crippen LogP contribution < -0.4 is 15.1 Å². The average Bonchev–Trinajstić information content (AvgIpc) is 3.47. The van der Waals surface area contributed by atoms with Crippen molar-refractivity contribution in [1.29, 1.82) is 0 Å². The highest BCUT2D eigenvalue weighted by Crippen LogP contribution is 2.36. The molecular formula is C32H34ClN5O5Si. The number of pyridine rings is 1. The van der Waals surface area contributed by atoms with Crippen molar-refractivity contribution in [2.45, 2.75) is 31.9 Å². The first-order valence-corrected chi connectivity index (χ1v) is 16.4. The van der Waals surface area contributed by atoms with Gasteiger partial charge >= 0.3 is 5.97 Å². The summed E-state index contributed by atoms with van der Waals surface area (Å²) in [4.78, 5) is 25.6. The Balaban J connectivity index is 1.31. The highest BCUT2D eigenvalue weighted by molar-refractivity contribution is 6.99. The van der Waals surface area contributed by atoms with Gasteiger partial charge in [0.05, 0.1) is 38.1 Å². The van der Waals surface area contributed by atoms with E-state index in [4.69, 9.17) is 30.2 Å². The van der Waals surface area contributed by atoms with E-state index in [0.29, 0.717) is 28.5 Å². The molecule has 1 unspecified atom stereocenters. The number of ether oxygens (including phenoxy) is 3. The first kappa shape index (κ1) is 31.3. The number of hydrogen-bond acceptors (Lipinski definition) is 9. The minimum Gasteiger partial charge on any atom is -0.466 e. The Bertz CT molecular complexity index is 1660. The van der Waals surface area contributed by atoms with E-state index in [0.717, 1.165) is 0 Å². The smallest absolute Gasteiger partial charge is 0.349 e. The molecule has 44 heavy (non-hydrogen) atoms. The number of esters is 1. The third-order valence-corrected chi connectivity index (χ3v) is 12.6. The van der Waals surface area contributed by atoms with Gasteiger partial charge in [-0.15, -0.1) is 0 Å². The molecule has 0 aliphatic carbocycles. The maximum atomic E-state index is 12.7. The Morgan fingerprint density at radius 3 is 2.23 bits per heavy atom. The first-order chi connectivity index (χ1) is 21.3. The highest BCUT2D eigenvalue weighted by Gasteiger charge is 2.50. The van der Waals surface area contributed by atoms with Crippen molar-refractivity contribution in [2.75, 3.05) is 26.9 Å². The summed E-state index contributed by atoms with van der Waals surface area (Å²) in [6.45, 7) is 7.12. The third kappa shape index (κ3) is 6.36. The molecule has 228 valence electrons. The van der Waals surface area contributed by atoms with E-state index in [1.807, 2.05) is 36.4 Å². The molecule has 0 fully saturated rings. The number of benzene rings is 2. The van der Waals surface area contributed by atoms with Crippen LogP contribution in [0.3, 0.4) is 0 Å². The summed E-state index contributed by atoms with van der Waals surface area (Å²) < 4.78 is 25.3. The maximum Gasteiger partial charge on any atom is 0.349 e. The van der Waals surface area contributed by atoms with E-state index in [-0.39, 0.29) is 24.1 Å². The standard InChI is InChI=1S/C32H34ClN5O5Si/c1-32(2,3)44(23-12-7-5-8-13-23,24-14-9-6-10-15-24)42-19-18-41-21-27(31(39)40-4)43-30-25-20-37-38(28(25)35-22-36-30)29-26(33)16-11-17-34-29/h5-17,20,22,27H,18-19,21H2,1-4H3. The van der Waals surface area contributed by atoms with Crippen LogP contribution >= 0.6 is 11.6 Å². The minimum absolute atomic E-state index is 0.0809. The second-order valence-corrected chi connectivity index (χ2v) is 15.7. The summed E-state index contributed by atoms with van der Waals surface area (Å²) in [5.41, 5.74) is 0.416. The number of methoxy groups -OCH3 is 1. The molecule has 12 heteroatoms. The van der Waals surface area contributed by atoms with Crippen LogP contribution in [0.25, 0.3) is 16.9 Å². The number of halogens is 1. The van der Waals surface area contributed by atoms with Gasteiger partial charge in [0.15, 0.2) is 11.5 Å². The Morgan fingerprint density at radius 1 is 0.932 bits per heavy atom. The zero-order chi connectivity index (χ0) is 31.2. The molecule has 0 N–H and O–H groups in total. The molecule has 0 spiro atoms. The molecule has 10 nitrogen and oxygen atoms in total. The van der Waals surface area contributed by atoms with Crippen LogP contribution in [0.5, 0.6) is 5.88 Å². The van der Waals surface area contributed by atoms with Crippen LogP contribution in [0.15, 0.2) is 91.5 Å². The Kier molecular flexibility index (Phi) is 9.70. The van der Waals surface area contributed by atoms with Crippen molar-refractivity contribution in [3.05, 3.63) is 96.5 Å². The highest BCUT2D eigenvalue weighted by atomic mass is 35.5. The lowest BCUT2D eigenvalue weighted by molar-refractivity contribution is -0.152. The summed E-state index contributed by atoms with van der Waals surface area (Å²) >= 11 is 6.32. The van der Waals surface area contributed by atoms with Crippen molar-refractivity contribution in [2.24, 2.45) is 0 Å². The number of aromatic nitrogens is 5. The largest absolute Gasteiger partial charge is 0.466 e. The van der Waals surface area contributed by atoms with E-state index >= 15 is 0 Å². The van der Waals surface area contributed by atoms with Crippen LogP contribution in [-0.4, -0.2) is 72.1 Å². The SMILES string of the molecule is COC(=O)C(COCCO[Si](c1ccccc1)(c1ccccc1)C(C)(C)C)Oc1ncnc2c1cnn2-c1ncccc1Cl. The Hall–Kier alpha value is -4.16. The van der Waals surface area contributed by atoms with Gasteiger partial charge in [-0.25, -0.2) is 19.7 Å². The van der Waals surface area contributed by atoms with E-state index in [1.54, 1.807) is 18.3 Å². The topological polar surface area (TPSA) is 110 Å². The summed E-state index contributed by atoms with van der Waals surface area (Å²) in [6.07, 6.45) is 3.37. The summed E-state index contributed by atoms with van der Waals surface area (Å²) in [6, 6.07) is 24.2. The van der Waals surface area contributed by atoms with Gasteiger partial charge in [0.25, 0.3) is 8.32 Å². The second-order valence-electron chi connectivity index (χ2n) is 11.0. The van der Waals surface area contributed by atoms with Crippen LogP contribution in [-0.2, 0) is 18.7 Å². The fourth-order valence-corrected chi connectivity index (χ4v) is 9.97. The maximum absolute atomic E-state index is 12.7. The van der Waals surface area contributed by atoms with Gasteiger partial charge < -0.3 is 18.6 Å². The lowest BCUT2D eigenvalue weighted by Gasteiger charge is -2.43. The first-order valence-electron chi connectivity index (χ1n) is 14.1. The van der Waals surface area contributed by atoms with Gasteiger partial charge in [-0.3, -0.25) is 0 Å². The minimum atomic E-state index is -2.72. The van der Waals surface area contributed by atoms with Gasteiger partial charge in [-0.2, -0.15) is 9.78 Å². The molecule has 3 aromatic heterocycles. The van der Waals surface area contributed by atoms with Gasteiger partial charge in [0.1, 0.15) is 11.7 Å². The summed E-state index contributed by atoms with van der Waals surface area (Å²) in [5.74, 6) is -0.0525.